The Labute approximate surface area is 181 Å². The van der Waals surface area contributed by atoms with Crippen molar-refractivity contribution in [3.8, 4) is 6.07 Å². The molecule has 4 rings (SSSR count). The van der Waals surface area contributed by atoms with Crippen molar-refractivity contribution in [1.29, 1.82) is 5.26 Å². The van der Waals surface area contributed by atoms with Gasteiger partial charge in [0, 0.05) is 23.8 Å². The highest BCUT2D eigenvalue weighted by atomic mass is 19.4. The molecule has 1 unspecified atom stereocenters. The van der Waals surface area contributed by atoms with Crippen LogP contribution in [0, 0.1) is 11.3 Å². The quantitative estimate of drug-likeness (QED) is 0.692. The van der Waals surface area contributed by atoms with Gasteiger partial charge in [-0.15, -0.1) is 0 Å². The number of hydrogen-bond donors (Lipinski definition) is 2. The first-order valence-corrected chi connectivity index (χ1v) is 10.1. The van der Waals surface area contributed by atoms with Crippen LogP contribution in [0.2, 0.25) is 0 Å². The molecule has 32 heavy (non-hydrogen) atoms. The van der Waals surface area contributed by atoms with E-state index in [4.69, 9.17) is 4.74 Å². The second-order valence-corrected chi connectivity index (χ2v) is 8.00. The maximum Gasteiger partial charge on any atom is 0.416 e. The molecule has 0 spiro atoms. The lowest BCUT2D eigenvalue weighted by molar-refractivity contribution is -0.234. The van der Waals surface area contributed by atoms with E-state index < -0.39 is 36.5 Å². The second-order valence-electron chi connectivity index (χ2n) is 8.00. The molecule has 0 bridgehead atoms. The maximum atomic E-state index is 14.6. The van der Waals surface area contributed by atoms with E-state index in [1.54, 1.807) is 12.1 Å². The molecule has 2 saturated heterocycles. The van der Waals surface area contributed by atoms with E-state index in [9.17, 15) is 27.6 Å². The molecule has 0 saturated carbocycles. The van der Waals surface area contributed by atoms with Crippen LogP contribution in [0.15, 0.2) is 30.5 Å². The number of benzene rings is 1. The maximum absolute atomic E-state index is 14.6. The first kappa shape index (κ1) is 22.2. The molecule has 2 aliphatic rings. The second kappa shape index (κ2) is 8.52. The number of nitrogens with zero attached hydrogens (tertiary/aromatic N) is 3. The molecular weight excluding hydrogens is 430 g/mol. The van der Waals surface area contributed by atoms with Crippen molar-refractivity contribution in [1.82, 2.24) is 15.6 Å². The summed E-state index contributed by atoms with van der Waals surface area (Å²) in [6.07, 6.45) is -6.65. The van der Waals surface area contributed by atoms with Gasteiger partial charge in [-0.1, -0.05) is 0 Å². The van der Waals surface area contributed by atoms with Crippen molar-refractivity contribution >= 4 is 22.5 Å². The van der Waals surface area contributed by atoms with Gasteiger partial charge in [-0.2, -0.15) is 18.4 Å². The van der Waals surface area contributed by atoms with E-state index >= 15 is 0 Å². The number of halogens is 4. The minimum Gasteiger partial charge on any atom is -0.365 e. The number of nitrogens with one attached hydrogen (secondary N) is 2. The first-order chi connectivity index (χ1) is 15.2. The van der Waals surface area contributed by atoms with Crippen molar-refractivity contribution in [2.75, 3.05) is 37.6 Å². The number of morpholine rings is 1. The summed E-state index contributed by atoms with van der Waals surface area (Å²) >= 11 is 0. The molecule has 1 aromatic carbocycles. The lowest BCUT2D eigenvalue weighted by Crippen LogP contribution is -2.58. The number of alkyl halides is 4. The molecule has 0 aliphatic carbocycles. The summed E-state index contributed by atoms with van der Waals surface area (Å²) in [5.74, 6) is -0.802. The predicted octanol–water partition coefficient (Wildman–Crippen LogP) is 2.06. The highest BCUT2D eigenvalue weighted by Crippen LogP contribution is 2.34. The fourth-order valence-corrected chi connectivity index (χ4v) is 4.03. The minimum absolute atomic E-state index is 0.0698. The molecule has 1 amide bonds. The number of carbonyl (C=O) groups is 1. The van der Waals surface area contributed by atoms with Crippen LogP contribution in [0.3, 0.4) is 0 Å². The fraction of sp³-hybridized carbons (Fsp3) is 0.476. The number of hydrogen-bond acceptors (Lipinski definition) is 6. The van der Waals surface area contributed by atoms with Crippen LogP contribution in [-0.2, 0) is 9.53 Å². The molecule has 2 fully saturated rings. The highest BCUT2D eigenvalue weighted by molar-refractivity contribution is 5.95. The van der Waals surface area contributed by atoms with Crippen molar-refractivity contribution < 1.29 is 27.1 Å². The third-order valence-corrected chi connectivity index (χ3v) is 5.74. The lowest BCUT2D eigenvalue weighted by atomic mass is 10.0. The van der Waals surface area contributed by atoms with Gasteiger partial charge in [-0.3, -0.25) is 9.78 Å². The molecule has 3 atom stereocenters. The van der Waals surface area contributed by atoms with Gasteiger partial charge in [0.05, 0.1) is 30.7 Å². The van der Waals surface area contributed by atoms with E-state index in [1.807, 2.05) is 6.07 Å². The zero-order chi connectivity index (χ0) is 22.9. The summed E-state index contributed by atoms with van der Waals surface area (Å²) in [6, 6.07) is 8.32. The van der Waals surface area contributed by atoms with Gasteiger partial charge in [0.25, 0.3) is 5.91 Å². The Hall–Kier alpha value is -2.97. The number of ether oxygens (including phenoxy) is 1. The minimum atomic E-state index is -4.70. The Balaban J connectivity index is 1.61. The number of pyridine rings is 1. The highest BCUT2D eigenvalue weighted by Gasteiger charge is 2.48. The SMILES string of the molecule is N#Cc1ccc(N2C[C@@H](C(=O)NCC3(F)CCNC3)O[C@@H](C(F)(F)F)C2)c2cccnc12. The Bertz CT molecular complexity index is 1050. The van der Waals surface area contributed by atoms with Crippen molar-refractivity contribution in [3.05, 3.63) is 36.0 Å². The standard InChI is InChI=1S/C21H21F4N5O2/c22-20(5-7-27-11-20)12-29-19(31)16-9-30(10-17(32-16)21(23,24)25)15-4-3-13(8-26)18-14(15)2-1-6-28-18/h1-4,6,16-17,27H,5,7,9-12H2,(H,29,31)/t16-,17+,20?/m0/s1. The predicted molar refractivity (Wildman–Crippen MR) is 108 cm³/mol. The molecule has 0 radical (unpaired) electrons. The molecule has 7 nitrogen and oxygen atoms in total. The fourth-order valence-electron chi connectivity index (χ4n) is 4.03. The van der Waals surface area contributed by atoms with Crippen LogP contribution in [0.1, 0.15) is 12.0 Å². The zero-order valence-electron chi connectivity index (χ0n) is 17.0. The Morgan fingerprint density at radius 3 is 2.88 bits per heavy atom. The zero-order valence-corrected chi connectivity index (χ0v) is 17.0. The number of nitriles is 1. The molecule has 11 heteroatoms. The van der Waals surface area contributed by atoms with Crippen LogP contribution >= 0.6 is 0 Å². The van der Waals surface area contributed by atoms with Crippen LogP contribution < -0.4 is 15.5 Å². The van der Waals surface area contributed by atoms with Gasteiger partial charge in [0.2, 0.25) is 0 Å². The van der Waals surface area contributed by atoms with Crippen LogP contribution in [0.4, 0.5) is 23.2 Å². The number of aromatic nitrogens is 1. The van der Waals surface area contributed by atoms with Gasteiger partial charge < -0.3 is 20.3 Å². The van der Waals surface area contributed by atoms with Crippen molar-refractivity contribution in [2.45, 2.75) is 30.5 Å². The van der Waals surface area contributed by atoms with Gasteiger partial charge in [0.15, 0.2) is 12.2 Å². The Morgan fingerprint density at radius 1 is 1.38 bits per heavy atom. The normalized spacial score (nSPS) is 26.2. The summed E-state index contributed by atoms with van der Waals surface area (Å²) in [4.78, 5) is 18.2. The average Bonchev–Trinajstić information content (AvgIpc) is 3.22. The van der Waals surface area contributed by atoms with Gasteiger partial charge in [0.1, 0.15) is 11.7 Å². The molecule has 1 aromatic heterocycles. The monoisotopic (exact) mass is 451 g/mol. The summed E-state index contributed by atoms with van der Waals surface area (Å²) in [5.41, 5.74) is -0.582. The largest absolute Gasteiger partial charge is 0.416 e. The molecule has 3 heterocycles. The first-order valence-electron chi connectivity index (χ1n) is 10.1. The van der Waals surface area contributed by atoms with E-state index in [0.717, 1.165) is 0 Å². The van der Waals surface area contributed by atoms with Gasteiger partial charge in [-0.25, -0.2) is 4.39 Å². The number of carbonyl (C=O) groups excluding carboxylic acids is 1. The Kier molecular flexibility index (Phi) is 5.92. The van der Waals surface area contributed by atoms with E-state index in [-0.39, 0.29) is 31.6 Å². The molecule has 2 aliphatic heterocycles. The number of amides is 1. The van der Waals surface area contributed by atoms with Crippen LogP contribution in [-0.4, -0.2) is 67.7 Å². The summed E-state index contributed by atoms with van der Waals surface area (Å²) in [7, 11) is 0. The van der Waals surface area contributed by atoms with Crippen LogP contribution in [0.5, 0.6) is 0 Å². The van der Waals surface area contributed by atoms with Crippen molar-refractivity contribution in [2.24, 2.45) is 0 Å². The number of rotatable bonds is 4. The van der Waals surface area contributed by atoms with Gasteiger partial charge >= 0.3 is 6.18 Å². The third kappa shape index (κ3) is 4.47. The number of anilines is 1. The summed E-state index contributed by atoms with van der Waals surface area (Å²) in [6.45, 7) is -0.457. The molecule has 2 N–H and O–H groups in total. The molecule has 170 valence electrons. The summed E-state index contributed by atoms with van der Waals surface area (Å²) < 4.78 is 60.4. The number of fused-ring (bicyclic) bond motifs is 1. The smallest absolute Gasteiger partial charge is 0.365 e. The van der Waals surface area contributed by atoms with E-state index in [2.05, 4.69) is 15.6 Å². The van der Waals surface area contributed by atoms with Crippen molar-refractivity contribution in [3.63, 3.8) is 0 Å². The average molecular weight is 451 g/mol. The third-order valence-electron chi connectivity index (χ3n) is 5.74. The molecule has 2 aromatic rings. The lowest BCUT2D eigenvalue weighted by Gasteiger charge is -2.39. The Morgan fingerprint density at radius 2 is 2.19 bits per heavy atom. The van der Waals surface area contributed by atoms with Gasteiger partial charge in [-0.05, 0) is 37.2 Å². The van der Waals surface area contributed by atoms with E-state index in [1.165, 1.54) is 23.2 Å². The van der Waals surface area contributed by atoms with E-state index in [0.29, 0.717) is 23.1 Å². The van der Waals surface area contributed by atoms with Crippen LogP contribution in [0.25, 0.3) is 10.9 Å². The molecular formula is C21H21F4N5O2. The summed E-state index contributed by atoms with van der Waals surface area (Å²) in [5, 5.41) is 15.1. The topological polar surface area (TPSA) is 90.3 Å².